The zero-order valence-corrected chi connectivity index (χ0v) is 22.1. The molecule has 196 valence electrons. The number of amides is 2. The van der Waals surface area contributed by atoms with Crippen LogP contribution >= 0.6 is 0 Å². The van der Waals surface area contributed by atoms with Crippen LogP contribution < -0.4 is 19.1 Å². The smallest absolute Gasteiger partial charge is 0.264 e. The highest BCUT2D eigenvalue weighted by Gasteiger charge is 2.32. The minimum Gasteiger partial charge on any atom is -0.497 e. The Kier molecular flexibility index (Phi) is 9.13. The maximum atomic E-state index is 13.7. The molecule has 1 N–H and O–H groups in total. The van der Waals surface area contributed by atoms with Gasteiger partial charge in [0, 0.05) is 19.7 Å². The first-order chi connectivity index (χ1) is 17.7. The molecule has 0 spiro atoms. The van der Waals surface area contributed by atoms with Gasteiger partial charge < -0.3 is 19.7 Å². The van der Waals surface area contributed by atoms with Gasteiger partial charge in [0.05, 0.1) is 24.8 Å². The number of hydrogen-bond donors (Lipinski definition) is 1. The van der Waals surface area contributed by atoms with Gasteiger partial charge in [0.25, 0.3) is 10.0 Å². The lowest BCUT2D eigenvalue weighted by atomic mass is 10.1. The second-order valence-corrected chi connectivity index (χ2v) is 10.0. The van der Waals surface area contributed by atoms with Crippen molar-refractivity contribution in [3.05, 3.63) is 84.4 Å². The molecule has 0 saturated carbocycles. The minimum atomic E-state index is -4.13. The van der Waals surface area contributed by atoms with Crippen molar-refractivity contribution >= 4 is 27.5 Å². The largest absolute Gasteiger partial charge is 0.497 e. The highest BCUT2D eigenvalue weighted by Crippen LogP contribution is 2.27. The van der Waals surface area contributed by atoms with Crippen LogP contribution in [0, 0.1) is 0 Å². The van der Waals surface area contributed by atoms with E-state index < -0.39 is 28.5 Å². The predicted molar refractivity (Wildman–Crippen MR) is 141 cm³/mol. The fourth-order valence-corrected chi connectivity index (χ4v) is 5.16. The zero-order chi connectivity index (χ0) is 27.0. The molecule has 1 atom stereocenters. The molecule has 3 rings (SSSR count). The van der Waals surface area contributed by atoms with Crippen molar-refractivity contribution in [2.75, 3.05) is 32.1 Å². The monoisotopic (exact) mass is 525 g/mol. The molecule has 0 bridgehead atoms. The topological polar surface area (TPSA) is 105 Å². The van der Waals surface area contributed by atoms with Crippen molar-refractivity contribution < 1.29 is 27.5 Å². The van der Waals surface area contributed by atoms with Crippen LogP contribution in [0.15, 0.2) is 83.8 Å². The van der Waals surface area contributed by atoms with Gasteiger partial charge in [-0.25, -0.2) is 8.42 Å². The van der Waals surface area contributed by atoms with E-state index in [2.05, 4.69) is 5.32 Å². The summed E-state index contributed by atoms with van der Waals surface area (Å²) in [6.45, 7) is 1.17. The van der Waals surface area contributed by atoms with Crippen LogP contribution in [0.2, 0.25) is 0 Å². The molecule has 9 nitrogen and oxygen atoms in total. The maximum Gasteiger partial charge on any atom is 0.264 e. The molecule has 0 unspecified atom stereocenters. The van der Waals surface area contributed by atoms with Gasteiger partial charge in [-0.15, -0.1) is 0 Å². The van der Waals surface area contributed by atoms with Crippen LogP contribution in [-0.4, -0.2) is 59.0 Å². The summed E-state index contributed by atoms with van der Waals surface area (Å²) in [6, 6.07) is 20.6. The molecule has 2 amide bonds. The maximum absolute atomic E-state index is 13.7. The van der Waals surface area contributed by atoms with Crippen molar-refractivity contribution in [1.82, 2.24) is 10.2 Å². The predicted octanol–water partition coefficient (Wildman–Crippen LogP) is 3.06. The fraction of sp³-hybridized carbons (Fsp3) is 0.259. The summed E-state index contributed by atoms with van der Waals surface area (Å²) in [5.74, 6) is 0.168. The number of nitrogens with zero attached hydrogens (tertiary/aromatic N) is 2. The van der Waals surface area contributed by atoms with E-state index in [-0.39, 0.29) is 23.0 Å². The minimum absolute atomic E-state index is 0.0340. The van der Waals surface area contributed by atoms with Crippen molar-refractivity contribution in [3.63, 3.8) is 0 Å². The normalized spacial score (nSPS) is 11.8. The fourth-order valence-electron chi connectivity index (χ4n) is 3.73. The van der Waals surface area contributed by atoms with Gasteiger partial charge in [-0.3, -0.25) is 13.9 Å². The quantitative estimate of drug-likeness (QED) is 0.413. The summed E-state index contributed by atoms with van der Waals surface area (Å²) >= 11 is 0. The van der Waals surface area contributed by atoms with Crippen LogP contribution in [0.3, 0.4) is 0 Å². The number of rotatable bonds is 11. The Morgan fingerprint density at radius 1 is 0.892 bits per heavy atom. The number of sulfonamides is 1. The molecule has 0 aromatic heterocycles. The Morgan fingerprint density at radius 2 is 1.54 bits per heavy atom. The van der Waals surface area contributed by atoms with Crippen LogP contribution in [0.25, 0.3) is 0 Å². The van der Waals surface area contributed by atoms with Crippen molar-refractivity contribution in [1.29, 1.82) is 0 Å². The number of anilines is 1. The van der Waals surface area contributed by atoms with Gasteiger partial charge in [-0.2, -0.15) is 0 Å². The van der Waals surface area contributed by atoms with E-state index in [1.165, 1.54) is 31.2 Å². The molecule has 0 aliphatic heterocycles. The third-order valence-corrected chi connectivity index (χ3v) is 7.67. The molecule has 0 aliphatic rings. The van der Waals surface area contributed by atoms with Crippen LogP contribution in [0.1, 0.15) is 12.5 Å². The summed E-state index contributed by atoms with van der Waals surface area (Å²) in [5, 5.41) is 2.56. The van der Waals surface area contributed by atoms with Gasteiger partial charge in [-0.05, 0) is 48.9 Å². The first kappa shape index (κ1) is 27.5. The summed E-state index contributed by atoms with van der Waals surface area (Å²) in [4.78, 5) is 27.7. The Hall–Kier alpha value is -4.05. The van der Waals surface area contributed by atoms with E-state index in [1.54, 1.807) is 80.8 Å². The Bertz CT molecular complexity index is 1310. The summed E-state index contributed by atoms with van der Waals surface area (Å²) in [6.07, 6.45) is 0. The third-order valence-electron chi connectivity index (χ3n) is 5.88. The number of carbonyl (C=O) groups is 2. The van der Waals surface area contributed by atoms with E-state index >= 15 is 0 Å². The zero-order valence-electron chi connectivity index (χ0n) is 21.2. The van der Waals surface area contributed by atoms with Crippen LogP contribution in [0.5, 0.6) is 11.5 Å². The second kappa shape index (κ2) is 12.3. The number of likely N-dealkylation sites (N-methyl/N-ethyl adjacent to an activating group) is 1. The third kappa shape index (κ3) is 6.59. The van der Waals surface area contributed by atoms with Gasteiger partial charge in [-0.1, -0.05) is 36.4 Å². The highest BCUT2D eigenvalue weighted by molar-refractivity contribution is 7.92. The molecule has 3 aromatic rings. The number of ether oxygens (including phenoxy) is 2. The molecule has 0 fully saturated rings. The van der Waals surface area contributed by atoms with E-state index in [0.717, 1.165) is 9.87 Å². The van der Waals surface area contributed by atoms with E-state index in [9.17, 15) is 18.0 Å². The summed E-state index contributed by atoms with van der Waals surface area (Å²) < 4.78 is 38.9. The van der Waals surface area contributed by atoms with E-state index in [1.807, 2.05) is 0 Å². The van der Waals surface area contributed by atoms with Crippen LogP contribution in [0.4, 0.5) is 5.69 Å². The molecule has 0 heterocycles. The number of carbonyl (C=O) groups excluding carboxylic acids is 2. The Morgan fingerprint density at radius 3 is 2.14 bits per heavy atom. The molecular weight excluding hydrogens is 494 g/mol. The van der Waals surface area contributed by atoms with Crippen molar-refractivity contribution in [3.8, 4) is 11.5 Å². The molecular formula is C27H31N3O6S. The van der Waals surface area contributed by atoms with Gasteiger partial charge in [0.1, 0.15) is 24.1 Å². The summed E-state index contributed by atoms with van der Waals surface area (Å²) in [7, 11) is 0.384. The van der Waals surface area contributed by atoms with E-state index in [0.29, 0.717) is 11.5 Å². The second-order valence-electron chi connectivity index (χ2n) is 8.19. The van der Waals surface area contributed by atoms with E-state index in [4.69, 9.17) is 9.47 Å². The number of nitrogens with one attached hydrogen (secondary N) is 1. The number of hydrogen-bond acceptors (Lipinski definition) is 6. The highest BCUT2D eigenvalue weighted by atomic mass is 32.2. The lowest BCUT2D eigenvalue weighted by Crippen LogP contribution is -2.50. The van der Waals surface area contributed by atoms with Crippen molar-refractivity contribution in [2.24, 2.45) is 0 Å². The molecule has 0 saturated heterocycles. The average Bonchev–Trinajstić information content (AvgIpc) is 2.94. The first-order valence-corrected chi connectivity index (χ1v) is 13.0. The first-order valence-electron chi connectivity index (χ1n) is 11.6. The molecule has 0 radical (unpaired) electrons. The molecule has 3 aromatic carbocycles. The van der Waals surface area contributed by atoms with Gasteiger partial charge in [0.2, 0.25) is 11.8 Å². The summed E-state index contributed by atoms with van der Waals surface area (Å²) in [5.41, 5.74) is 1.01. The standard InChI is InChI=1S/C27H31N3O6S/c1-20(27(32)28-2)29(18-21-13-15-23(35-3)16-14-21)26(31)19-30(22-9-8-10-24(17-22)36-4)37(33,34)25-11-6-5-7-12-25/h5-17,20H,18-19H2,1-4H3,(H,28,32)/t20-/m0/s1. The Balaban J connectivity index is 2.02. The molecule has 10 heteroatoms. The van der Waals surface area contributed by atoms with Gasteiger partial charge >= 0.3 is 0 Å². The average molecular weight is 526 g/mol. The van der Waals surface area contributed by atoms with Crippen LogP contribution in [-0.2, 0) is 26.2 Å². The molecule has 37 heavy (non-hydrogen) atoms. The Labute approximate surface area is 217 Å². The number of benzene rings is 3. The SMILES string of the molecule is CNC(=O)[C@H](C)N(Cc1ccc(OC)cc1)C(=O)CN(c1cccc(OC)c1)S(=O)(=O)c1ccccc1. The lowest BCUT2D eigenvalue weighted by molar-refractivity contribution is -0.139. The molecule has 0 aliphatic carbocycles. The number of methoxy groups -OCH3 is 2. The lowest BCUT2D eigenvalue weighted by Gasteiger charge is -2.31. The van der Waals surface area contributed by atoms with Crippen molar-refractivity contribution in [2.45, 2.75) is 24.4 Å². The van der Waals surface area contributed by atoms with Gasteiger partial charge in [0.15, 0.2) is 0 Å².